The van der Waals surface area contributed by atoms with Crippen LogP contribution in [0.25, 0.3) is 0 Å². The zero-order valence-electron chi connectivity index (χ0n) is 13.9. The molecule has 1 unspecified atom stereocenters. The summed E-state index contributed by atoms with van der Waals surface area (Å²) in [5.74, 6) is 0.925. The van der Waals surface area contributed by atoms with Crippen LogP contribution in [0.3, 0.4) is 0 Å². The van der Waals surface area contributed by atoms with Gasteiger partial charge in [0.1, 0.15) is 12.1 Å². The van der Waals surface area contributed by atoms with Crippen molar-refractivity contribution in [2.45, 2.75) is 46.0 Å². The fourth-order valence-corrected chi connectivity index (χ4v) is 4.30. The van der Waals surface area contributed by atoms with E-state index in [0.29, 0.717) is 0 Å². The molecule has 0 radical (unpaired) electrons. The number of benzene rings is 1. The van der Waals surface area contributed by atoms with E-state index in [1.165, 1.54) is 10.8 Å². The van der Waals surface area contributed by atoms with Crippen molar-refractivity contribution < 1.29 is 0 Å². The van der Waals surface area contributed by atoms with Gasteiger partial charge in [0.25, 0.3) is 0 Å². The number of halogens is 1. The third-order valence-corrected chi connectivity index (χ3v) is 7.03. The third-order valence-electron chi connectivity index (χ3n) is 3.83. The molecule has 5 heteroatoms. The minimum absolute atomic E-state index is 0.226. The van der Waals surface area contributed by atoms with Crippen molar-refractivity contribution in [3.8, 4) is 0 Å². The molecule has 0 aliphatic carbocycles. The van der Waals surface area contributed by atoms with Crippen LogP contribution in [0.2, 0.25) is 19.6 Å². The Bertz CT molecular complexity index is 635. The largest absolute Gasteiger partial charge is 0.363 e. The maximum absolute atomic E-state index is 4.39. The van der Waals surface area contributed by atoms with E-state index in [4.69, 9.17) is 0 Å². The van der Waals surface area contributed by atoms with E-state index in [1.54, 1.807) is 6.33 Å². The van der Waals surface area contributed by atoms with Crippen molar-refractivity contribution in [2.24, 2.45) is 0 Å². The first-order chi connectivity index (χ1) is 10.3. The van der Waals surface area contributed by atoms with E-state index < -0.39 is 8.07 Å². The number of nitrogens with zero attached hydrogens (tertiary/aromatic N) is 2. The molecule has 0 fully saturated rings. The average Bonchev–Trinajstić information content (AvgIpc) is 2.48. The van der Waals surface area contributed by atoms with Crippen molar-refractivity contribution in [3.05, 3.63) is 45.4 Å². The third kappa shape index (κ3) is 4.07. The zero-order chi connectivity index (χ0) is 16.3. The molecule has 2 aromatic rings. The van der Waals surface area contributed by atoms with Crippen LogP contribution in [-0.2, 0) is 6.42 Å². The van der Waals surface area contributed by atoms with Gasteiger partial charge >= 0.3 is 0 Å². The number of hydrogen-bond donors (Lipinski definition) is 1. The van der Waals surface area contributed by atoms with Gasteiger partial charge < -0.3 is 5.32 Å². The Labute approximate surface area is 148 Å². The molecule has 0 saturated carbocycles. The van der Waals surface area contributed by atoms with Crippen molar-refractivity contribution in [2.75, 3.05) is 5.32 Å². The van der Waals surface area contributed by atoms with Crippen molar-refractivity contribution in [1.82, 2.24) is 9.97 Å². The lowest BCUT2D eigenvalue weighted by Crippen LogP contribution is -2.37. The van der Waals surface area contributed by atoms with E-state index in [9.17, 15) is 0 Å². The summed E-state index contributed by atoms with van der Waals surface area (Å²) in [4.78, 5) is 8.71. The highest BCUT2D eigenvalue weighted by molar-refractivity contribution is 14.1. The first-order valence-corrected chi connectivity index (χ1v) is 12.3. The lowest BCUT2D eigenvalue weighted by Gasteiger charge is -2.20. The quantitative estimate of drug-likeness (QED) is 0.572. The molecule has 0 amide bonds. The Hall–Kier alpha value is -0.953. The molecule has 1 aromatic heterocycles. The highest BCUT2D eigenvalue weighted by Crippen LogP contribution is 2.23. The topological polar surface area (TPSA) is 37.8 Å². The van der Waals surface area contributed by atoms with Crippen molar-refractivity contribution in [3.63, 3.8) is 0 Å². The Balaban J connectivity index is 2.17. The number of aryl methyl sites for hydroxylation is 1. The number of hydrogen-bond acceptors (Lipinski definition) is 3. The minimum atomic E-state index is -1.23. The summed E-state index contributed by atoms with van der Waals surface area (Å²) < 4.78 is 1.12. The first kappa shape index (κ1) is 17.4. The van der Waals surface area contributed by atoms with Gasteiger partial charge in [-0.15, -0.1) is 0 Å². The fourth-order valence-electron chi connectivity index (χ4n) is 2.31. The molecule has 0 spiro atoms. The molecule has 0 aliphatic heterocycles. The summed E-state index contributed by atoms with van der Waals surface area (Å²) >= 11 is 2.33. The lowest BCUT2D eigenvalue weighted by atomic mass is 10.1. The van der Waals surface area contributed by atoms with Gasteiger partial charge in [-0.3, -0.25) is 0 Å². The van der Waals surface area contributed by atoms with Gasteiger partial charge in [0, 0.05) is 6.04 Å². The number of aromatic nitrogens is 2. The molecule has 0 aliphatic rings. The summed E-state index contributed by atoms with van der Waals surface area (Å²) in [6.07, 6.45) is 2.57. The zero-order valence-corrected chi connectivity index (χ0v) is 17.1. The number of anilines is 1. The van der Waals surface area contributed by atoms with Crippen LogP contribution in [0.5, 0.6) is 0 Å². The summed E-state index contributed by atoms with van der Waals surface area (Å²) in [7, 11) is -1.23. The second-order valence-corrected chi connectivity index (χ2v) is 12.7. The molecule has 1 aromatic carbocycles. The van der Waals surface area contributed by atoms with Crippen LogP contribution in [0.1, 0.15) is 31.1 Å². The van der Waals surface area contributed by atoms with E-state index in [1.807, 2.05) is 0 Å². The van der Waals surface area contributed by atoms with E-state index >= 15 is 0 Å². The van der Waals surface area contributed by atoms with Crippen LogP contribution in [0.15, 0.2) is 30.6 Å². The predicted molar refractivity (Wildman–Crippen MR) is 106 cm³/mol. The summed E-state index contributed by atoms with van der Waals surface area (Å²) in [6.45, 7) is 11.4. The molecule has 118 valence electrons. The van der Waals surface area contributed by atoms with Crippen molar-refractivity contribution in [1.29, 1.82) is 0 Å². The summed E-state index contributed by atoms with van der Waals surface area (Å²) in [6, 6.07) is 9.26. The molecule has 0 saturated heterocycles. The SMILES string of the molecule is CCc1ncnc(NC(C)c2ccc([Si](C)(C)C)cc2)c1I. The van der Waals surface area contributed by atoms with Gasteiger partial charge in [-0.25, -0.2) is 9.97 Å². The van der Waals surface area contributed by atoms with E-state index in [2.05, 4.69) is 95.6 Å². The van der Waals surface area contributed by atoms with Crippen LogP contribution in [0.4, 0.5) is 5.82 Å². The van der Waals surface area contributed by atoms with Crippen LogP contribution >= 0.6 is 22.6 Å². The number of nitrogens with one attached hydrogen (secondary N) is 1. The van der Waals surface area contributed by atoms with Gasteiger partial charge in [0.05, 0.1) is 17.3 Å². The maximum atomic E-state index is 4.39. The Morgan fingerprint density at radius 1 is 1.14 bits per heavy atom. The van der Waals surface area contributed by atoms with Crippen LogP contribution in [-0.4, -0.2) is 18.0 Å². The smallest absolute Gasteiger partial charge is 0.143 e. The molecule has 22 heavy (non-hydrogen) atoms. The molecular weight excluding hydrogens is 401 g/mol. The Morgan fingerprint density at radius 2 is 1.77 bits per heavy atom. The standard InChI is InChI=1S/C17H24IN3Si/c1-6-15-16(18)17(20-11-19-15)21-12(2)13-7-9-14(10-8-13)22(3,4)5/h7-12H,6H2,1-5H3,(H,19,20,21). The maximum Gasteiger partial charge on any atom is 0.143 e. The second-order valence-electron chi connectivity index (χ2n) is 6.57. The van der Waals surface area contributed by atoms with Crippen LogP contribution in [0, 0.1) is 3.57 Å². The molecular formula is C17H24IN3Si. The summed E-state index contributed by atoms with van der Waals surface area (Å²) in [5.41, 5.74) is 2.38. The molecule has 3 nitrogen and oxygen atoms in total. The predicted octanol–water partition coefficient (Wildman–Crippen LogP) is 4.36. The van der Waals surface area contributed by atoms with Crippen LogP contribution < -0.4 is 10.5 Å². The monoisotopic (exact) mass is 425 g/mol. The van der Waals surface area contributed by atoms with Gasteiger partial charge in [-0.1, -0.05) is 56.0 Å². The van der Waals surface area contributed by atoms with Crippen molar-refractivity contribution >= 4 is 41.7 Å². The molecule has 1 N–H and O–H groups in total. The number of rotatable bonds is 5. The fraction of sp³-hybridized carbons (Fsp3) is 0.412. The summed E-state index contributed by atoms with van der Waals surface area (Å²) in [5, 5.41) is 5.01. The Morgan fingerprint density at radius 3 is 2.32 bits per heavy atom. The molecule has 2 rings (SSSR count). The lowest BCUT2D eigenvalue weighted by molar-refractivity contribution is 0.863. The average molecular weight is 425 g/mol. The van der Waals surface area contributed by atoms with Gasteiger partial charge in [-0.2, -0.15) is 0 Å². The first-order valence-electron chi connectivity index (χ1n) is 7.69. The van der Waals surface area contributed by atoms with Gasteiger partial charge in [0.2, 0.25) is 0 Å². The van der Waals surface area contributed by atoms with Gasteiger partial charge in [-0.05, 0) is 41.5 Å². The normalized spacial score (nSPS) is 13.0. The Kier molecular flexibility index (Phi) is 5.60. The molecule has 1 heterocycles. The van der Waals surface area contributed by atoms with E-state index in [-0.39, 0.29) is 6.04 Å². The highest BCUT2D eigenvalue weighted by Gasteiger charge is 2.17. The molecule has 1 atom stereocenters. The second kappa shape index (κ2) is 7.08. The highest BCUT2D eigenvalue weighted by atomic mass is 127. The molecule has 0 bridgehead atoms. The van der Waals surface area contributed by atoms with Gasteiger partial charge in [0.15, 0.2) is 0 Å². The van der Waals surface area contributed by atoms with E-state index in [0.717, 1.165) is 21.5 Å². The minimum Gasteiger partial charge on any atom is -0.363 e.